The predicted octanol–water partition coefficient (Wildman–Crippen LogP) is 4.82. The Balaban J connectivity index is 1.46. The lowest BCUT2D eigenvalue weighted by Gasteiger charge is -2.21. The van der Waals surface area contributed by atoms with Gasteiger partial charge in [0.2, 0.25) is 17.6 Å². The highest BCUT2D eigenvalue weighted by atomic mass is 16.5. The molecule has 0 fully saturated rings. The van der Waals surface area contributed by atoms with Gasteiger partial charge in [0, 0.05) is 25.2 Å². The molecule has 33 heavy (non-hydrogen) atoms. The first-order chi connectivity index (χ1) is 16.0. The maximum atomic E-state index is 13.2. The van der Waals surface area contributed by atoms with Gasteiger partial charge in [-0.1, -0.05) is 72.2 Å². The number of hydrogen-bond donors (Lipinski definition) is 2. The normalized spacial score (nSPS) is 12.8. The number of benzene rings is 2. The minimum atomic E-state index is -0.513. The molecule has 0 unspecified atom stereocenters. The third-order valence-electron chi connectivity index (χ3n) is 5.47. The number of rotatable bonds is 8. The summed E-state index contributed by atoms with van der Waals surface area (Å²) in [5.74, 6) is 1.48. The van der Waals surface area contributed by atoms with Crippen molar-refractivity contribution in [1.29, 1.82) is 0 Å². The summed E-state index contributed by atoms with van der Waals surface area (Å²) in [6.45, 7) is 6.61. The number of amides is 1. The Labute approximate surface area is 193 Å². The quantitative estimate of drug-likeness (QED) is 0.407. The molecule has 2 aromatic carbocycles. The van der Waals surface area contributed by atoms with E-state index in [0.717, 1.165) is 11.1 Å². The van der Waals surface area contributed by atoms with Crippen LogP contribution in [0.25, 0.3) is 11.4 Å². The van der Waals surface area contributed by atoms with Gasteiger partial charge in [-0.3, -0.25) is 4.79 Å². The first-order valence-electron chi connectivity index (χ1n) is 10.9. The van der Waals surface area contributed by atoms with Crippen molar-refractivity contribution in [3.8, 4) is 11.4 Å². The highest BCUT2D eigenvalue weighted by molar-refractivity contribution is 5.94. The van der Waals surface area contributed by atoms with Crippen LogP contribution in [0.1, 0.15) is 41.5 Å². The van der Waals surface area contributed by atoms with E-state index in [1.807, 2.05) is 30.3 Å². The van der Waals surface area contributed by atoms with E-state index in [2.05, 4.69) is 63.9 Å². The van der Waals surface area contributed by atoms with Gasteiger partial charge in [0.15, 0.2) is 0 Å². The molecule has 168 valence electrons. The van der Waals surface area contributed by atoms with Crippen LogP contribution in [0, 0.1) is 13.8 Å². The Hall–Kier alpha value is -3.84. The minimum absolute atomic E-state index is 0.173. The summed E-state index contributed by atoms with van der Waals surface area (Å²) < 4.78 is 5.01. The maximum absolute atomic E-state index is 13.2. The predicted molar refractivity (Wildman–Crippen MR) is 128 cm³/mol. The molecule has 0 saturated heterocycles. The van der Waals surface area contributed by atoms with E-state index in [1.54, 1.807) is 25.3 Å². The van der Waals surface area contributed by atoms with Crippen LogP contribution in [-0.4, -0.2) is 27.6 Å². The molecule has 2 atom stereocenters. The number of hydrogen-bond acceptors (Lipinski definition) is 6. The lowest BCUT2D eigenvalue weighted by Crippen LogP contribution is -2.35. The van der Waals surface area contributed by atoms with Gasteiger partial charge < -0.3 is 15.2 Å². The van der Waals surface area contributed by atoms with Gasteiger partial charge in [-0.25, -0.2) is 4.98 Å². The van der Waals surface area contributed by atoms with Gasteiger partial charge in [0.25, 0.3) is 0 Å². The Morgan fingerprint density at radius 2 is 1.73 bits per heavy atom. The first-order valence-corrected chi connectivity index (χ1v) is 10.9. The van der Waals surface area contributed by atoms with E-state index in [0.29, 0.717) is 24.1 Å². The highest BCUT2D eigenvalue weighted by Gasteiger charge is 2.22. The van der Waals surface area contributed by atoms with Crippen molar-refractivity contribution in [3.05, 3.63) is 95.5 Å². The molecule has 7 nitrogen and oxygen atoms in total. The second-order valence-electron chi connectivity index (χ2n) is 8.12. The molecule has 0 aliphatic carbocycles. The van der Waals surface area contributed by atoms with Gasteiger partial charge in [-0.05, 0) is 36.1 Å². The number of anilines is 1. The molecule has 0 bridgehead atoms. The van der Waals surface area contributed by atoms with E-state index in [-0.39, 0.29) is 11.8 Å². The number of aromatic nitrogens is 3. The largest absolute Gasteiger partial charge is 0.339 e. The summed E-state index contributed by atoms with van der Waals surface area (Å²) in [6, 6.07) is 21.2. The molecule has 2 N–H and O–H groups in total. The zero-order valence-electron chi connectivity index (χ0n) is 18.9. The van der Waals surface area contributed by atoms with Gasteiger partial charge in [-0.15, -0.1) is 0 Å². The first kappa shape index (κ1) is 22.4. The van der Waals surface area contributed by atoms with Crippen LogP contribution in [-0.2, 0) is 4.79 Å². The van der Waals surface area contributed by atoms with Gasteiger partial charge in [0.1, 0.15) is 11.9 Å². The fourth-order valence-corrected chi connectivity index (χ4v) is 3.53. The Kier molecular flexibility index (Phi) is 6.90. The van der Waals surface area contributed by atoms with Crippen molar-refractivity contribution >= 4 is 11.7 Å². The Morgan fingerprint density at radius 1 is 0.970 bits per heavy atom. The summed E-state index contributed by atoms with van der Waals surface area (Å²) in [5.41, 5.74) is 4.07. The summed E-state index contributed by atoms with van der Waals surface area (Å²) in [6.07, 6.45) is 1.62. The van der Waals surface area contributed by atoms with E-state index >= 15 is 0 Å². The van der Waals surface area contributed by atoms with Crippen molar-refractivity contribution in [1.82, 2.24) is 20.4 Å². The lowest BCUT2D eigenvalue weighted by molar-refractivity contribution is -0.118. The zero-order chi connectivity index (χ0) is 23.2. The van der Waals surface area contributed by atoms with Crippen molar-refractivity contribution in [3.63, 3.8) is 0 Å². The maximum Gasteiger partial charge on any atom is 0.247 e. The standard InChI is InChI=1S/C26H27N5O2/c1-17-9-11-20(12-10-17)18(2)15-28-24(21-7-5-4-6-8-21)26(32)30-23-14-13-22(16-27-23)25-29-19(3)33-31-25/h4-14,16,18,24,28H,15H2,1-3H3,(H,27,30,32)/t18-,24-/m1/s1. The van der Waals surface area contributed by atoms with Crippen molar-refractivity contribution in [2.45, 2.75) is 32.7 Å². The van der Waals surface area contributed by atoms with Crippen LogP contribution in [0.2, 0.25) is 0 Å². The molecule has 0 radical (unpaired) electrons. The summed E-state index contributed by atoms with van der Waals surface area (Å²) >= 11 is 0. The van der Waals surface area contributed by atoms with E-state index in [1.165, 1.54) is 11.1 Å². The monoisotopic (exact) mass is 441 g/mol. The molecule has 1 amide bonds. The Morgan fingerprint density at radius 3 is 2.36 bits per heavy atom. The molecule has 0 aliphatic heterocycles. The van der Waals surface area contributed by atoms with Crippen LogP contribution in [0.3, 0.4) is 0 Å². The van der Waals surface area contributed by atoms with Crippen LogP contribution < -0.4 is 10.6 Å². The van der Waals surface area contributed by atoms with E-state index < -0.39 is 6.04 Å². The number of nitrogens with zero attached hydrogens (tertiary/aromatic N) is 3. The van der Waals surface area contributed by atoms with Crippen LogP contribution in [0.15, 0.2) is 77.4 Å². The SMILES string of the molecule is Cc1ccc([C@H](C)CN[C@@H](C(=O)Nc2ccc(-c3noc(C)n3)cn2)c2ccccc2)cc1. The number of pyridine rings is 1. The summed E-state index contributed by atoms with van der Waals surface area (Å²) in [7, 11) is 0. The molecule has 0 spiro atoms. The van der Waals surface area contributed by atoms with Gasteiger partial charge >= 0.3 is 0 Å². The molecule has 4 aromatic rings. The topological polar surface area (TPSA) is 92.9 Å². The molecular weight excluding hydrogens is 414 g/mol. The molecule has 2 heterocycles. The molecule has 0 aliphatic rings. The molecule has 0 saturated carbocycles. The van der Waals surface area contributed by atoms with Crippen molar-refractivity contribution in [2.75, 3.05) is 11.9 Å². The second-order valence-corrected chi connectivity index (χ2v) is 8.12. The van der Waals surface area contributed by atoms with Crippen molar-refractivity contribution < 1.29 is 9.32 Å². The average Bonchev–Trinajstić information content (AvgIpc) is 3.27. The zero-order valence-corrected chi connectivity index (χ0v) is 18.9. The fourth-order valence-electron chi connectivity index (χ4n) is 3.53. The molecular formula is C26H27N5O2. The minimum Gasteiger partial charge on any atom is -0.339 e. The van der Waals surface area contributed by atoms with Crippen molar-refractivity contribution in [2.24, 2.45) is 0 Å². The smallest absolute Gasteiger partial charge is 0.247 e. The van der Waals surface area contributed by atoms with E-state index in [4.69, 9.17) is 4.52 Å². The Bertz CT molecular complexity index is 1190. The second kappa shape index (κ2) is 10.2. The van der Waals surface area contributed by atoms with Crippen LogP contribution in [0.5, 0.6) is 0 Å². The fraction of sp³-hybridized carbons (Fsp3) is 0.231. The number of carbonyl (C=O) groups excluding carboxylic acids is 1. The van der Waals surface area contributed by atoms with E-state index in [9.17, 15) is 4.79 Å². The van der Waals surface area contributed by atoms with Crippen LogP contribution in [0.4, 0.5) is 5.82 Å². The molecule has 2 aromatic heterocycles. The van der Waals surface area contributed by atoms with Gasteiger partial charge in [-0.2, -0.15) is 4.98 Å². The third-order valence-corrected chi connectivity index (χ3v) is 5.47. The molecule has 7 heteroatoms. The number of aryl methyl sites for hydroxylation is 2. The van der Waals surface area contributed by atoms with Crippen LogP contribution >= 0.6 is 0 Å². The summed E-state index contributed by atoms with van der Waals surface area (Å²) in [5, 5.41) is 10.2. The molecule has 4 rings (SSSR count). The highest BCUT2D eigenvalue weighted by Crippen LogP contribution is 2.21. The van der Waals surface area contributed by atoms with Gasteiger partial charge in [0.05, 0.1) is 0 Å². The number of nitrogens with one attached hydrogen (secondary N) is 2. The third kappa shape index (κ3) is 5.70. The summed E-state index contributed by atoms with van der Waals surface area (Å²) in [4.78, 5) is 21.8. The number of carbonyl (C=O) groups is 1. The lowest BCUT2D eigenvalue weighted by atomic mass is 9.98. The average molecular weight is 442 g/mol.